The van der Waals surface area contributed by atoms with Gasteiger partial charge in [-0.1, -0.05) is 192 Å². The molecule has 1 saturated heterocycles. The van der Waals surface area contributed by atoms with Crippen molar-refractivity contribution in [3.05, 3.63) is 24.3 Å². The Morgan fingerprint density at radius 1 is 0.484 bits per heavy atom. The van der Waals surface area contributed by atoms with Gasteiger partial charge >= 0.3 is 11.9 Å². The molecule has 1 aliphatic heterocycles. The highest BCUT2D eigenvalue weighted by atomic mass is 16.7. The van der Waals surface area contributed by atoms with Gasteiger partial charge in [0.1, 0.15) is 31.0 Å². The maximum Gasteiger partial charge on any atom is 0.306 e. The van der Waals surface area contributed by atoms with Crippen LogP contribution in [0.3, 0.4) is 0 Å². The van der Waals surface area contributed by atoms with Crippen molar-refractivity contribution >= 4 is 11.9 Å². The summed E-state index contributed by atoms with van der Waals surface area (Å²) in [5.41, 5.74) is 0. The first kappa shape index (κ1) is 58.2. The van der Waals surface area contributed by atoms with E-state index in [1.54, 1.807) is 0 Å². The third kappa shape index (κ3) is 33.7. The first-order chi connectivity index (χ1) is 30.3. The molecule has 0 amide bonds. The number of hydrogen-bond donors (Lipinski definition) is 4. The summed E-state index contributed by atoms with van der Waals surface area (Å²) in [6.07, 6.45) is 42.0. The summed E-state index contributed by atoms with van der Waals surface area (Å²) >= 11 is 0. The highest BCUT2D eigenvalue weighted by Gasteiger charge is 2.44. The Balaban J connectivity index is 2.25. The van der Waals surface area contributed by atoms with Crippen molar-refractivity contribution in [3.63, 3.8) is 0 Å². The van der Waals surface area contributed by atoms with Crippen LogP contribution < -0.4 is 0 Å². The Morgan fingerprint density at radius 3 is 1.31 bits per heavy atom. The monoisotopic (exact) mass is 881 g/mol. The van der Waals surface area contributed by atoms with Crippen molar-refractivity contribution in [2.45, 2.75) is 275 Å². The number of carbonyl (C=O) groups is 2. The van der Waals surface area contributed by atoms with Crippen LogP contribution in [-0.4, -0.2) is 89.0 Å². The SMILES string of the molecule is CCCCCCC/C=C/CCCCCCCC(=O)OC[C@H](CO[C@@H]1O[C@H](CO)[C@H](O)C(O)C1O)OC(=O)CCC/C=C/CCCCCCCCCCCCCCCCCCCC. The lowest BCUT2D eigenvalue weighted by molar-refractivity contribution is -0.305. The van der Waals surface area contributed by atoms with Crippen molar-refractivity contribution in [1.29, 1.82) is 0 Å². The van der Waals surface area contributed by atoms with Crippen LogP contribution in [0.5, 0.6) is 0 Å². The Labute approximate surface area is 379 Å². The van der Waals surface area contributed by atoms with E-state index < -0.39 is 49.4 Å². The van der Waals surface area contributed by atoms with Crippen LogP contribution in [-0.2, 0) is 28.5 Å². The predicted molar refractivity (Wildman–Crippen MR) is 252 cm³/mol. The van der Waals surface area contributed by atoms with Gasteiger partial charge in [-0.3, -0.25) is 9.59 Å². The zero-order valence-electron chi connectivity index (χ0n) is 39.9. The number of hydrogen-bond acceptors (Lipinski definition) is 10. The molecule has 1 aliphatic rings. The maximum atomic E-state index is 12.8. The zero-order chi connectivity index (χ0) is 45.1. The van der Waals surface area contributed by atoms with E-state index in [4.69, 9.17) is 18.9 Å². The fourth-order valence-electron chi connectivity index (χ4n) is 7.95. The van der Waals surface area contributed by atoms with Gasteiger partial charge in [-0.2, -0.15) is 0 Å². The van der Waals surface area contributed by atoms with Crippen molar-refractivity contribution in [2.75, 3.05) is 19.8 Å². The van der Waals surface area contributed by atoms with E-state index in [1.165, 1.54) is 154 Å². The number of rotatable bonds is 44. The smallest absolute Gasteiger partial charge is 0.306 e. The summed E-state index contributed by atoms with van der Waals surface area (Å²) in [4.78, 5) is 25.4. The molecule has 0 aromatic heterocycles. The molecule has 0 saturated carbocycles. The number of esters is 2. The Hall–Kier alpha value is -1.82. The molecule has 0 aromatic rings. The summed E-state index contributed by atoms with van der Waals surface area (Å²) in [6.45, 7) is 3.41. The molecule has 2 unspecified atom stereocenters. The zero-order valence-corrected chi connectivity index (χ0v) is 39.9. The third-order valence-electron chi connectivity index (χ3n) is 12.1. The van der Waals surface area contributed by atoms with E-state index in [9.17, 15) is 30.0 Å². The van der Waals surface area contributed by atoms with Crippen LogP contribution in [0.1, 0.15) is 239 Å². The molecule has 10 heteroatoms. The van der Waals surface area contributed by atoms with E-state index in [1.807, 2.05) is 0 Å². The first-order valence-electron chi connectivity index (χ1n) is 25.9. The molecule has 0 radical (unpaired) electrons. The Bertz CT molecular complexity index is 1060. The quantitative estimate of drug-likeness (QED) is 0.0264. The van der Waals surface area contributed by atoms with Gasteiger partial charge in [0, 0.05) is 12.8 Å². The van der Waals surface area contributed by atoms with Crippen LogP contribution in [0.4, 0.5) is 0 Å². The Kier molecular flexibility index (Phi) is 40.4. The molecule has 0 spiro atoms. The summed E-state index contributed by atoms with van der Waals surface area (Å²) in [5, 5.41) is 40.2. The van der Waals surface area contributed by atoms with Gasteiger partial charge in [-0.15, -0.1) is 0 Å². The van der Waals surface area contributed by atoms with Crippen molar-refractivity contribution in [3.8, 4) is 0 Å². The largest absolute Gasteiger partial charge is 0.462 e. The molecule has 0 aliphatic carbocycles. The number of unbranched alkanes of at least 4 members (excludes halogenated alkanes) is 29. The van der Waals surface area contributed by atoms with E-state index in [2.05, 4.69) is 38.2 Å². The third-order valence-corrected chi connectivity index (χ3v) is 12.1. The molecule has 364 valence electrons. The van der Waals surface area contributed by atoms with Gasteiger partial charge in [0.25, 0.3) is 0 Å². The molecule has 10 nitrogen and oxygen atoms in total. The van der Waals surface area contributed by atoms with Gasteiger partial charge in [-0.05, 0) is 57.8 Å². The maximum absolute atomic E-state index is 12.8. The number of ether oxygens (including phenoxy) is 4. The highest BCUT2D eigenvalue weighted by molar-refractivity contribution is 5.70. The van der Waals surface area contributed by atoms with Crippen LogP contribution in [0.2, 0.25) is 0 Å². The van der Waals surface area contributed by atoms with Crippen molar-refractivity contribution in [1.82, 2.24) is 0 Å². The first-order valence-corrected chi connectivity index (χ1v) is 25.9. The van der Waals surface area contributed by atoms with Gasteiger partial charge in [0.15, 0.2) is 12.4 Å². The molecule has 0 bridgehead atoms. The van der Waals surface area contributed by atoms with E-state index in [0.717, 1.165) is 44.9 Å². The average molecular weight is 881 g/mol. The second-order valence-electron chi connectivity index (χ2n) is 18.0. The van der Waals surface area contributed by atoms with Crippen LogP contribution in [0, 0.1) is 0 Å². The lowest BCUT2D eigenvalue weighted by Crippen LogP contribution is -2.59. The van der Waals surface area contributed by atoms with Crippen LogP contribution >= 0.6 is 0 Å². The molecule has 62 heavy (non-hydrogen) atoms. The van der Waals surface area contributed by atoms with E-state index in [-0.39, 0.29) is 32.0 Å². The van der Waals surface area contributed by atoms with Gasteiger partial charge in [-0.25, -0.2) is 0 Å². The molecule has 4 N–H and O–H groups in total. The summed E-state index contributed by atoms with van der Waals surface area (Å²) in [5.74, 6) is -0.845. The minimum atomic E-state index is -1.60. The fraction of sp³-hybridized carbons (Fsp3) is 0.885. The minimum Gasteiger partial charge on any atom is -0.462 e. The van der Waals surface area contributed by atoms with Crippen LogP contribution in [0.25, 0.3) is 0 Å². The predicted octanol–water partition coefficient (Wildman–Crippen LogP) is 12.1. The number of aliphatic hydroxyl groups excluding tert-OH is 4. The molecule has 1 fully saturated rings. The molecular formula is C52H96O10. The molecular weight excluding hydrogens is 785 g/mol. The standard InChI is InChI=1S/C52H96O10/c1-3-5-7-9-11-13-15-17-19-20-21-22-23-24-25-26-27-29-31-33-35-37-39-41-48(55)61-45(44-60-52-51(58)50(57)49(56)46(42-53)62-52)43-59-47(54)40-38-36-34-32-30-28-18-16-14-12-10-8-6-4-2/h16,18,33,35,45-46,49-53,56-58H,3-15,17,19-32,34,36-44H2,1-2H3/b18-16+,35-33+/t45-,46-,49+,50?,51?,52-/m1/s1. The number of allylic oxidation sites excluding steroid dienone is 4. The molecule has 1 heterocycles. The molecule has 0 aromatic carbocycles. The van der Waals surface area contributed by atoms with Crippen molar-refractivity contribution in [2.24, 2.45) is 0 Å². The lowest BCUT2D eigenvalue weighted by atomic mass is 9.99. The fourth-order valence-corrected chi connectivity index (χ4v) is 7.95. The van der Waals surface area contributed by atoms with E-state index >= 15 is 0 Å². The molecule has 1 rings (SSSR count). The summed E-state index contributed by atoms with van der Waals surface area (Å²) < 4.78 is 22.2. The average Bonchev–Trinajstić information content (AvgIpc) is 3.27. The summed E-state index contributed by atoms with van der Waals surface area (Å²) in [7, 11) is 0. The van der Waals surface area contributed by atoms with E-state index in [0.29, 0.717) is 12.8 Å². The molecule has 6 atom stereocenters. The number of aliphatic hydroxyl groups is 4. The van der Waals surface area contributed by atoms with Crippen molar-refractivity contribution < 1.29 is 49.0 Å². The van der Waals surface area contributed by atoms with Crippen LogP contribution in [0.15, 0.2) is 24.3 Å². The summed E-state index contributed by atoms with van der Waals surface area (Å²) in [6, 6.07) is 0. The van der Waals surface area contributed by atoms with Gasteiger partial charge in [0.2, 0.25) is 0 Å². The van der Waals surface area contributed by atoms with Gasteiger partial charge in [0.05, 0.1) is 13.2 Å². The minimum absolute atomic E-state index is 0.183. The number of carbonyl (C=O) groups excluding carboxylic acids is 2. The highest BCUT2D eigenvalue weighted by Crippen LogP contribution is 2.23. The second kappa shape index (κ2) is 43.1. The second-order valence-corrected chi connectivity index (χ2v) is 18.0. The topological polar surface area (TPSA) is 152 Å². The van der Waals surface area contributed by atoms with Gasteiger partial charge < -0.3 is 39.4 Å². The lowest BCUT2D eigenvalue weighted by Gasteiger charge is -2.39. The Morgan fingerprint density at radius 2 is 0.871 bits per heavy atom. The normalized spacial score (nSPS) is 19.7.